The molecule has 2 N–H and O–H groups in total. The fourth-order valence-corrected chi connectivity index (χ4v) is 2.81. The van der Waals surface area contributed by atoms with E-state index in [0.717, 1.165) is 0 Å². The molecule has 0 aliphatic carbocycles. The molecule has 1 aromatic carbocycles. The fourth-order valence-electron chi connectivity index (χ4n) is 2.81. The third-order valence-corrected chi connectivity index (χ3v) is 4.13. The Morgan fingerprint density at radius 1 is 1.13 bits per heavy atom. The largest absolute Gasteiger partial charge is 0.493 e. The number of nitrogens with zero attached hydrogens (tertiary/aromatic N) is 1. The molecule has 7 heteroatoms. The van der Waals surface area contributed by atoms with E-state index in [1.807, 2.05) is 0 Å². The molecule has 0 spiro atoms. The van der Waals surface area contributed by atoms with Gasteiger partial charge in [0, 0.05) is 26.2 Å². The summed E-state index contributed by atoms with van der Waals surface area (Å²) in [5, 5.41) is 0. The first-order valence-corrected chi connectivity index (χ1v) is 7.44. The molecule has 1 aliphatic heterocycles. The van der Waals surface area contributed by atoms with Crippen molar-refractivity contribution in [2.45, 2.75) is 18.6 Å². The fraction of sp³-hybridized carbons (Fsp3) is 0.562. The van der Waals surface area contributed by atoms with Gasteiger partial charge in [0.1, 0.15) is 0 Å². The van der Waals surface area contributed by atoms with Crippen LogP contribution in [-0.2, 0) is 4.74 Å². The summed E-state index contributed by atoms with van der Waals surface area (Å²) in [7, 11) is 6.15. The smallest absolute Gasteiger partial charge is 0.257 e. The molecular weight excluding hydrogens is 300 g/mol. The number of methoxy groups -OCH3 is 4. The third kappa shape index (κ3) is 3.35. The highest BCUT2D eigenvalue weighted by Gasteiger charge is 2.32. The highest BCUT2D eigenvalue weighted by molar-refractivity contribution is 5.98. The number of hydrogen-bond acceptors (Lipinski definition) is 6. The average Bonchev–Trinajstić information content (AvgIpc) is 2.59. The van der Waals surface area contributed by atoms with Gasteiger partial charge in [0.15, 0.2) is 11.5 Å². The number of benzene rings is 1. The van der Waals surface area contributed by atoms with Gasteiger partial charge < -0.3 is 29.6 Å². The second-order valence-electron chi connectivity index (χ2n) is 5.36. The molecule has 128 valence electrons. The monoisotopic (exact) mass is 324 g/mol. The minimum atomic E-state index is -0.168. The van der Waals surface area contributed by atoms with Gasteiger partial charge in [0.25, 0.3) is 5.91 Å². The van der Waals surface area contributed by atoms with Crippen LogP contribution in [0.5, 0.6) is 17.2 Å². The van der Waals surface area contributed by atoms with E-state index < -0.39 is 0 Å². The molecule has 1 heterocycles. The summed E-state index contributed by atoms with van der Waals surface area (Å²) in [4.78, 5) is 14.6. The van der Waals surface area contributed by atoms with Crippen LogP contribution in [0.2, 0.25) is 0 Å². The van der Waals surface area contributed by atoms with Gasteiger partial charge in [-0.2, -0.15) is 0 Å². The maximum Gasteiger partial charge on any atom is 0.257 e. The molecule has 7 nitrogen and oxygen atoms in total. The normalized spacial score (nSPS) is 21.0. The molecule has 1 amide bonds. The van der Waals surface area contributed by atoms with Crippen LogP contribution in [0.1, 0.15) is 16.8 Å². The number of carbonyl (C=O) groups excluding carboxylic acids is 1. The number of rotatable bonds is 5. The van der Waals surface area contributed by atoms with E-state index in [1.165, 1.54) is 21.3 Å². The predicted molar refractivity (Wildman–Crippen MR) is 85.4 cm³/mol. The van der Waals surface area contributed by atoms with E-state index >= 15 is 0 Å². The Hall–Kier alpha value is -1.99. The van der Waals surface area contributed by atoms with Crippen molar-refractivity contribution >= 4 is 5.91 Å². The summed E-state index contributed by atoms with van der Waals surface area (Å²) in [6.45, 7) is 1.03. The highest BCUT2D eigenvalue weighted by atomic mass is 16.5. The first kappa shape index (κ1) is 17.4. The zero-order valence-corrected chi connectivity index (χ0v) is 14.0. The van der Waals surface area contributed by atoms with Crippen LogP contribution in [0.4, 0.5) is 0 Å². The molecule has 1 aliphatic rings. The Morgan fingerprint density at radius 3 is 2.39 bits per heavy atom. The van der Waals surface area contributed by atoms with Gasteiger partial charge in [-0.1, -0.05) is 0 Å². The van der Waals surface area contributed by atoms with Crippen molar-refractivity contribution < 1.29 is 23.7 Å². The molecule has 1 aromatic rings. The lowest BCUT2D eigenvalue weighted by Gasteiger charge is -2.36. The van der Waals surface area contributed by atoms with Gasteiger partial charge in [0.05, 0.1) is 33.0 Å². The summed E-state index contributed by atoms with van der Waals surface area (Å²) in [5.74, 6) is 1.13. The van der Waals surface area contributed by atoms with Gasteiger partial charge in [-0.25, -0.2) is 0 Å². The third-order valence-electron chi connectivity index (χ3n) is 4.13. The Morgan fingerprint density at radius 2 is 1.83 bits per heavy atom. The lowest BCUT2D eigenvalue weighted by molar-refractivity contribution is 0.0160. The Kier molecular flexibility index (Phi) is 5.68. The maximum absolute atomic E-state index is 12.9. The van der Waals surface area contributed by atoms with Crippen molar-refractivity contribution in [3.63, 3.8) is 0 Å². The van der Waals surface area contributed by atoms with E-state index in [4.69, 9.17) is 24.7 Å². The molecular formula is C16H24N2O5. The Balaban J connectivity index is 2.32. The molecule has 2 atom stereocenters. The van der Waals surface area contributed by atoms with Crippen molar-refractivity contribution in [3.05, 3.63) is 17.7 Å². The van der Waals surface area contributed by atoms with Crippen LogP contribution in [0.25, 0.3) is 0 Å². The number of piperidine rings is 1. The lowest BCUT2D eigenvalue weighted by atomic mass is 10.0. The zero-order chi connectivity index (χ0) is 17.0. The topological polar surface area (TPSA) is 83.3 Å². The minimum Gasteiger partial charge on any atom is -0.493 e. The molecule has 1 fully saturated rings. The SMILES string of the molecule is COc1ccc(C(=O)N2CC[C@@H](N)[C@@H](OC)C2)c(OC)c1OC. The molecule has 1 saturated heterocycles. The van der Waals surface area contributed by atoms with E-state index in [2.05, 4.69) is 0 Å². The Bertz CT molecular complexity index is 564. The van der Waals surface area contributed by atoms with E-state index in [-0.39, 0.29) is 18.1 Å². The standard InChI is InChI=1S/C16H24N2O5/c1-20-12-6-5-10(14(22-3)15(12)23-4)16(19)18-8-7-11(17)13(9-18)21-2/h5-6,11,13H,7-9,17H2,1-4H3/t11-,13+/m1/s1. The number of carbonyl (C=O) groups is 1. The zero-order valence-electron chi connectivity index (χ0n) is 14.0. The van der Waals surface area contributed by atoms with Gasteiger partial charge >= 0.3 is 0 Å². The molecule has 0 aromatic heterocycles. The van der Waals surface area contributed by atoms with Crippen LogP contribution >= 0.6 is 0 Å². The Labute approximate surface area is 136 Å². The van der Waals surface area contributed by atoms with Gasteiger partial charge in [-0.05, 0) is 18.6 Å². The maximum atomic E-state index is 12.9. The molecule has 0 unspecified atom stereocenters. The van der Waals surface area contributed by atoms with Crippen molar-refractivity contribution in [1.29, 1.82) is 0 Å². The van der Waals surface area contributed by atoms with E-state index in [1.54, 1.807) is 24.1 Å². The predicted octanol–water partition coefficient (Wildman–Crippen LogP) is 0.901. The van der Waals surface area contributed by atoms with Gasteiger partial charge in [0.2, 0.25) is 5.75 Å². The number of likely N-dealkylation sites (tertiary alicyclic amines) is 1. The van der Waals surface area contributed by atoms with Crippen LogP contribution < -0.4 is 19.9 Å². The highest BCUT2D eigenvalue weighted by Crippen LogP contribution is 2.40. The van der Waals surface area contributed by atoms with E-state index in [9.17, 15) is 4.79 Å². The van der Waals surface area contributed by atoms with Gasteiger partial charge in [-0.3, -0.25) is 4.79 Å². The van der Waals surface area contributed by atoms with Crippen molar-refractivity contribution in [1.82, 2.24) is 4.90 Å². The van der Waals surface area contributed by atoms with Crippen LogP contribution in [-0.4, -0.2) is 64.5 Å². The number of ether oxygens (including phenoxy) is 4. The first-order chi connectivity index (χ1) is 11.1. The van der Waals surface area contributed by atoms with Crippen LogP contribution in [0.15, 0.2) is 12.1 Å². The van der Waals surface area contributed by atoms with Crippen LogP contribution in [0.3, 0.4) is 0 Å². The molecule has 0 bridgehead atoms. The molecule has 0 radical (unpaired) electrons. The number of nitrogens with two attached hydrogens (primary N) is 1. The quantitative estimate of drug-likeness (QED) is 0.866. The molecule has 23 heavy (non-hydrogen) atoms. The number of hydrogen-bond donors (Lipinski definition) is 1. The summed E-state index contributed by atoms with van der Waals surface area (Å²) >= 11 is 0. The average molecular weight is 324 g/mol. The summed E-state index contributed by atoms with van der Waals surface area (Å²) in [5.41, 5.74) is 6.43. The molecule has 2 rings (SSSR count). The van der Waals surface area contributed by atoms with Crippen LogP contribution in [0, 0.1) is 0 Å². The second-order valence-corrected chi connectivity index (χ2v) is 5.36. The number of amides is 1. The lowest BCUT2D eigenvalue weighted by Crippen LogP contribution is -2.53. The van der Waals surface area contributed by atoms with Crippen molar-refractivity contribution in [2.75, 3.05) is 41.5 Å². The minimum absolute atomic E-state index is 0.0589. The van der Waals surface area contributed by atoms with Crippen molar-refractivity contribution in [3.8, 4) is 17.2 Å². The summed E-state index contributed by atoms with van der Waals surface area (Å²) in [6.07, 6.45) is 0.527. The van der Waals surface area contributed by atoms with E-state index in [0.29, 0.717) is 42.3 Å². The summed E-state index contributed by atoms with van der Waals surface area (Å²) < 4.78 is 21.3. The van der Waals surface area contributed by atoms with Crippen molar-refractivity contribution in [2.24, 2.45) is 5.73 Å². The molecule has 0 saturated carbocycles. The van der Waals surface area contributed by atoms with Gasteiger partial charge in [-0.15, -0.1) is 0 Å². The first-order valence-electron chi connectivity index (χ1n) is 7.44. The summed E-state index contributed by atoms with van der Waals surface area (Å²) in [6, 6.07) is 3.31. The second kappa shape index (κ2) is 7.52.